The minimum Gasteiger partial charge on any atom is -0.492 e. The first kappa shape index (κ1) is 23.3. The molecule has 0 fully saturated rings. The van der Waals surface area contributed by atoms with E-state index >= 15 is 0 Å². The van der Waals surface area contributed by atoms with Gasteiger partial charge in [-0.15, -0.1) is 24.0 Å². The monoisotopic (exact) mass is 485 g/mol. The quantitative estimate of drug-likeness (QED) is 0.335. The van der Waals surface area contributed by atoms with Gasteiger partial charge in [-0.3, -0.25) is 0 Å². The Bertz CT molecular complexity index is 672. The van der Waals surface area contributed by atoms with Gasteiger partial charge in [-0.25, -0.2) is 9.98 Å². The third-order valence-electron chi connectivity index (χ3n) is 3.87. The fourth-order valence-electron chi connectivity index (χ4n) is 2.59. The SMILES string of the molecule is CCNC(=NCc1nccn1CC(C)C)N(C)CCOc1ccccc1.I. The molecule has 27 heavy (non-hydrogen) atoms. The number of nitrogens with one attached hydrogen (secondary N) is 1. The molecule has 0 saturated heterocycles. The van der Waals surface area contributed by atoms with Gasteiger partial charge in [0.25, 0.3) is 0 Å². The van der Waals surface area contributed by atoms with Gasteiger partial charge in [0.2, 0.25) is 0 Å². The molecule has 7 heteroatoms. The van der Waals surface area contributed by atoms with Crippen LogP contribution in [0.5, 0.6) is 5.75 Å². The second-order valence-corrected chi connectivity index (χ2v) is 6.64. The molecule has 2 aromatic rings. The number of rotatable bonds is 9. The summed E-state index contributed by atoms with van der Waals surface area (Å²) in [6, 6.07) is 9.87. The van der Waals surface area contributed by atoms with Gasteiger partial charge in [0.15, 0.2) is 5.96 Å². The zero-order valence-corrected chi connectivity index (χ0v) is 19.1. The number of ether oxygens (including phenoxy) is 1. The fourth-order valence-corrected chi connectivity index (χ4v) is 2.59. The number of likely N-dealkylation sites (N-methyl/N-ethyl adjacent to an activating group) is 1. The lowest BCUT2D eigenvalue weighted by Crippen LogP contribution is -2.41. The molecule has 0 bridgehead atoms. The number of nitrogens with zero attached hydrogens (tertiary/aromatic N) is 4. The van der Waals surface area contributed by atoms with Crippen molar-refractivity contribution >= 4 is 29.9 Å². The van der Waals surface area contributed by atoms with Crippen LogP contribution >= 0.6 is 24.0 Å². The zero-order chi connectivity index (χ0) is 18.8. The Morgan fingerprint density at radius 2 is 2.04 bits per heavy atom. The Morgan fingerprint density at radius 1 is 1.30 bits per heavy atom. The highest BCUT2D eigenvalue weighted by Crippen LogP contribution is 2.08. The van der Waals surface area contributed by atoms with E-state index in [4.69, 9.17) is 9.73 Å². The van der Waals surface area contributed by atoms with Gasteiger partial charge in [-0.05, 0) is 25.0 Å². The first-order valence-corrected chi connectivity index (χ1v) is 9.27. The van der Waals surface area contributed by atoms with E-state index < -0.39 is 0 Å². The first-order chi connectivity index (χ1) is 12.6. The molecule has 0 aliphatic rings. The van der Waals surface area contributed by atoms with E-state index in [0.29, 0.717) is 19.1 Å². The maximum absolute atomic E-state index is 5.78. The van der Waals surface area contributed by atoms with Gasteiger partial charge in [-0.1, -0.05) is 32.0 Å². The summed E-state index contributed by atoms with van der Waals surface area (Å²) in [5, 5.41) is 3.34. The minimum absolute atomic E-state index is 0. The van der Waals surface area contributed by atoms with Crippen LogP contribution in [0.25, 0.3) is 0 Å². The normalized spacial score (nSPS) is 11.2. The number of hydrogen-bond acceptors (Lipinski definition) is 3. The summed E-state index contributed by atoms with van der Waals surface area (Å²) in [7, 11) is 2.02. The largest absolute Gasteiger partial charge is 0.492 e. The number of guanidine groups is 1. The predicted molar refractivity (Wildman–Crippen MR) is 122 cm³/mol. The Morgan fingerprint density at radius 3 is 2.70 bits per heavy atom. The van der Waals surface area contributed by atoms with Gasteiger partial charge < -0.3 is 19.5 Å². The summed E-state index contributed by atoms with van der Waals surface area (Å²) in [6.07, 6.45) is 3.87. The molecular weight excluding hydrogens is 453 g/mol. The molecule has 6 nitrogen and oxygen atoms in total. The Balaban J connectivity index is 0.00000364. The summed E-state index contributed by atoms with van der Waals surface area (Å²) >= 11 is 0. The van der Waals surface area contributed by atoms with Crippen LogP contribution < -0.4 is 10.1 Å². The molecule has 1 N–H and O–H groups in total. The van der Waals surface area contributed by atoms with Crippen molar-refractivity contribution in [2.45, 2.75) is 33.9 Å². The molecule has 0 unspecified atom stereocenters. The molecule has 0 spiro atoms. The number of halogens is 1. The lowest BCUT2D eigenvalue weighted by atomic mass is 10.2. The van der Waals surface area contributed by atoms with E-state index in [1.54, 1.807) is 0 Å². The van der Waals surface area contributed by atoms with Crippen molar-refractivity contribution in [1.29, 1.82) is 0 Å². The minimum atomic E-state index is 0. The second-order valence-electron chi connectivity index (χ2n) is 6.64. The first-order valence-electron chi connectivity index (χ1n) is 9.27. The molecule has 0 amide bonds. The second kappa shape index (κ2) is 12.6. The van der Waals surface area contributed by atoms with Crippen molar-refractivity contribution in [3.05, 3.63) is 48.5 Å². The Kier molecular flexibility index (Phi) is 10.8. The maximum atomic E-state index is 5.78. The van der Waals surface area contributed by atoms with Crippen LogP contribution in [0.2, 0.25) is 0 Å². The van der Waals surface area contributed by atoms with Crippen LogP contribution in [0.3, 0.4) is 0 Å². The number of aliphatic imine (C=N–C) groups is 1. The predicted octanol–water partition coefficient (Wildman–Crippen LogP) is 3.63. The summed E-state index contributed by atoms with van der Waals surface area (Å²) in [5.74, 6) is 3.32. The fraction of sp³-hybridized carbons (Fsp3) is 0.500. The van der Waals surface area contributed by atoms with E-state index in [1.165, 1.54) is 0 Å². The molecule has 0 saturated carbocycles. The highest BCUT2D eigenvalue weighted by molar-refractivity contribution is 14.0. The van der Waals surface area contributed by atoms with Gasteiger partial charge in [0.05, 0.1) is 6.54 Å². The summed E-state index contributed by atoms with van der Waals surface area (Å²) in [6.45, 7) is 10.2. The van der Waals surface area contributed by atoms with Gasteiger partial charge in [0, 0.05) is 32.5 Å². The van der Waals surface area contributed by atoms with Crippen LogP contribution in [0.15, 0.2) is 47.7 Å². The summed E-state index contributed by atoms with van der Waals surface area (Å²) < 4.78 is 7.95. The molecule has 0 atom stereocenters. The molecule has 1 aromatic heterocycles. The Labute approximate surface area is 180 Å². The average molecular weight is 485 g/mol. The van der Waals surface area contributed by atoms with E-state index in [0.717, 1.165) is 37.2 Å². The smallest absolute Gasteiger partial charge is 0.194 e. The number of para-hydroxylation sites is 1. The number of aromatic nitrogens is 2. The molecular formula is C20H32IN5O. The molecule has 1 aromatic carbocycles. The van der Waals surface area contributed by atoms with Crippen LogP contribution in [-0.4, -0.2) is 47.2 Å². The standard InChI is InChI=1S/C20H31N5O.HI/c1-5-21-20(23-15-19-22-11-12-25(19)16-17(2)3)24(4)13-14-26-18-9-7-6-8-10-18;/h6-12,17H,5,13-16H2,1-4H3,(H,21,23);1H. The highest BCUT2D eigenvalue weighted by Gasteiger charge is 2.08. The average Bonchev–Trinajstić information content (AvgIpc) is 3.05. The van der Waals surface area contributed by atoms with Crippen molar-refractivity contribution in [1.82, 2.24) is 19.8 Å². The third kappa shape index (κ3) is 8.19. The van der Waals surface area contributed by atoms with E-state index in [-0.39, 0.29) is 24.0 Å². The van der Waals surface area contributed by atoms with E-state index in [2.05, 4.69) is 40.5 Å². The molecule has 0 aliphatic heterocycles. The Hall–Kier alpha value is -1.77. The zero-order valence-electron chi connectivity index (χ0n) is 16.8. The van der Waals surface area contributed by atoms with E-state index in [1.807, 2.05) is 49.8 Å². The highest BCUT2D eigenvalue weighted by atomic mass is 127. The third-order valence-corrected chi connectivity index (χ3v) is 3.87. The number of benzene rings is 1. The van der Waals surface area contributed by atoms with Crippen molar-refractivity contribution in [2.24, 2.45) is 10.9 Å². The van der Waals surface area contributed by atoms with Crippen LogP contribution in [0, 0.1) is 5.92 Å². The van der Waals surface area contributed by atoms with Gasteiger partial charge in [0.1, 0.15) is 24.7 Å². The van der Waals surface area contributed by atoms with Crippen molar-refractivity contribution in [3.63, 3.8) is 0 Å². The number of hydrogen-bond donors (Lipinski definition) is 1. The van der Waals surface area contributed by atoms with Crippen molar-refractivity contribution < 1.29 is 4.74 Å². The lowest BCUT2D eigenvalue weighted by Gasteiger charge is -2.22. The van der Waals surface area contributed by atoms with Gasteiger partial charge in [-0.2, -0.15) is 0 Å². The van der Waals surface area contributed by atoms with Crippen molar-refractivity contribution in [2.75, 3.05) is 26.7 Å². The van der Waals surface area contributed by atoms with E-state index in [9.17, 15) is 0 Å². The molecule has 1 heterocycles. The van der Waals surface area contributed by atoms with Crippen LogP contribution in [-0.2, 0) is 13.1 Å². The topological polar surface area (TPSA) is 54.7 Å². The molecule has 150 valence electrons. The van der Waals surface area contributed by atoms with Crippen LogP contribution in [0.1, 0.15) is 26.6 Å². The van der Waals surface area contributed by atoms with Crippen molar-refractivity contribution in [3.8, 4) is 5.75 Å². The van der Waals surface area contributed by atoms with Crippen LogP contribution in [0.4, 0.5) is 0 Å². The summed E-state index contributed by atoms with van der Waals surface area (Å²) in [5.41, 5.74) is 0. The lowest BCUT2D eigenvalue weighted by molar-refractivity contribution is 0.281. The molecule has 0 aliphatic carbocycles. The number of imidazole rings is 1. The molecule has 2 rings (SSSR count). The molecule has 0 radical (unpaired) electrons. The maximum Gasteiger partial charge on any atom is 0.194 e. The summed E-state index contributed by atoms with van der Waals surface area (Å²) in [4.78, 5) is 11.3. The van der Waals surface area contributed by atoms with Gasteiger partial charge >= 0.3 is 0 Å².